The van der Waals surface area contributed by atoms with Gasteiger partial charge >= 0.3 is 6.09 Å². The number of rotatable bonds is 8. The van der Waals surface area contributed by atoms with Gasteiger partial charge in [-0.25, -0.2) is 4.79 Å². The molecule has 0 spiro atoms. The smallest absolute Gasteiger partial charge is 0.408 e. The number of hydrogen-bond acceptors (Lipinski definition) is 6. The number of Topliss-reactive ketones (excluding diaryl/α,β-unsaturated/α-hetero) is 1. The van der Waals surface area contributed by atoms with Gasteiger partial charge in [0.15, 0.2) is 5.78 Å². The van der Waals surface area contributed by atoms with Crippen molar-refractivity contribution in [2.24, 2.45) is 0 Å². The summed E-state index contributed by atoms with van der Waals surface area (Å²) in [6.07, 6.45) is -0.247. The highest BCUT2D eigenvalue weighted by Gasteiger charge is 2.21. The number of ketones is 1. The lowest BCUT2D eigenvalue weighted by Crippen LogP contribution is -2.42. The zero-order chi connectivity index (χ0) is 20.6. The molecular weight excluding hydrogens is 394 g/mol. The average Bonchev–Trinajstić information content (AvgIpc) is 3.19. The van der Waals surface area contributed by atoms with Crippen molar-refractivity contribution in [3.63, 3.8) is 0 Å². The summed E-state index contributed by atoms with van der Waals surface area (Å²) in [6.45, 7) is 1.79. The van der Waals surface area contributed by atoms with Crippen LogP contribution in [0.3, 0.4) is 0 Å². The van der Waals surface area contributed by atoms with Gasteiger partial charge < -0.3 is 10.1 Å². The summed E-state index contributed by atoms with van der Waals surface area (Å²) in [6, 6.07) is 15.7. The molecule has 9 heteroatoms. The van der Waals surface area contributed by atoms with Crippen LogP contribution < -0.4 is 5.32 Å². The van der Waals surface area contributed by atoms with Crippen molar-refractivity contribution in [3.8, 4) is 11.4 Å². The lowest BCUT2D eigenvalue weighted by molar-refractivity contribution is -0.122. The molecular formula is C20H20ClN5O3. The Labute approximate surface area is 172 Å². The molecule has 0 radical (unpaired) electrons. The first-order valence-electron chi connectivity index (χ1n) is 9.09. The largest absolute Gasteiger partial charge is 0.445 e. The fourth-order valence-electron chi connectivity index (χ4n) is 2.63. The first kappa shape index (κ1) is 20.5. The summed E-state index contributed by atoms with van der Waals surface area (Å²) in [5.41, 5.74) is 1.49. The molecule has 0 saturated heterocycles. The summed E-state index contributed by atoms with van der Waals surface area (Å²) in [4.78, 5) is 25.7. The Hall–Kier alpha value is -3.26. The maximum Gasteiger partial charge on any atom is 0.408 e. The Morgan fingerprint density at radius 1 is 1.14 bits per heavy atom. The number of benzene rings is 2. The van der Waals surface area contributed by atoms with E-state index in [2.05, 4.69) is 20.7 Å². The molecule has 1 N–H and O–H groups in total. The summed E-state index contributed by atoms with van der Waals surface area (Å²) in [5, 5.41) is 15.1. The highest BCUT2D eigenvalue weighted by Crippen LogP contribution is 2.23. The molecule has 8 nitrogen and oxygen atoms in total. The monoisotopic (exact) mass is 413 g/mol. The quantitative estimate of drug-likeness (QED) is 0.608. The SMILES string of the molecule is CCC(NC(=O)OCc1ccccc1)C(=O)Cn1nnc(-c2ccccc2Cl)n1. The van der Waals surface area contributed by atoms with Gasteiger partial charge in [-0.15, -0.1) is 10.2 Å². The third-order valence-corrected chi connectivity index (χ3v) is 4.50. The van der Waals surface area contributed by atoms with Gasteiger partial charge in [0.1, 0.15) is 13.2 Å². The fraction of sp³-hybridized carbons (Fsp3) is 0.250. The maximum absolute atomic E-state index is 12.5. The Morgan fingerprint density at radius 3 is 2.59 bits per heavy atom. The number of amides is 1. The third kappa shape index (κ3) is 5.61. The molecule has 0 aliphatic heterocycles. The molecule has 1 atom stereocenters. The van der Waals surface area contributed by atoms with Crippen molar-refractivity contribution in [2.75, 3.05) is 0 Å². The van der Waals surface area contributed by atoms with Gasteiger partial charge in [-0.05, 0) is 29.3 Å². The van der Waals surface area contributed by atoms with Crippen LogP contribution in [0.5, 0.6) is 0 Å². The number of nitrogens with one attached hydrogen (secondary N) is 1. The van der Waals surface area contributed by atoms with Crippen molar-refractivity contribution in [2.45, 2.75) is 32.5 Å². The van der Waals surface area contributed by atoms with E-state index in [1.165, 1.54) is 4.80 Å². The number of hydrogen-bond donors (Lipinski definition) is 1. The molecule has 0 aliphatic rings. The van der Waals surface area contributed by atoms with E-state index in [-0.39, 0.29) is 18.9 Å². The van der Waals surface area contributed by atoms with E-state index < -0.39 is 12.1 Å². The van der Waals surface area contributed by atoms with Crippen LogP contribution in [0, 0.1) is 0 Å². The molecule has 1 unspecified atom stereocenters. The van der Waals surface area contributed by atoms with Crippen molar-refractivity contribution < 1.29 is 14.3 Å². The minimum Gasteiger partial charge on any atom is -0.445 e. The maximum atomic E-state index is 12.5. The van der Waals surface area contributed by atoms with E-state index in [0.717, 1.165) is 5.56 Å². The predicted octanol–water partition coefficient (Wildman–Crippen LogP) is 3.27. The molecule has 0 saturated carbocycles. The lowest BCUT2D eigenvalue weighted by atomic mass is 10.1. The Kier molecular flexibility index (Phi) is 6.91. The Bertz CT molecular complexity index is 977. The van der Waals surface area contributed by atoms with Crippen molar-refractivity contribution in [1.29, 1.82) is 0 Å². The molecule has 1 amide bonds. The van der Waals surface area contributed by atoms with Crippen LogP contribution in [-0.2, 0) is 22.7 Å². The number of tetrazole rings is 1. The number of halogens is 1. The summed E-state index contributed by atoms with van der Waals surface area (Å²) < 4.78 is 5.17. The van der Waals surface area contributed by atoms with Gasteiger partial charge in [0.05, 0.1) is 11.1 Å². The highest BCUT2D eigenvalue weighted by atomic mass is 35.5. The predicted molar refractivity (Wildman–Crippen MR) is 107 cm³/mol. The first-order valence-corrected chi connectivity index (χ1v) is 9.47. The standard InChI is InChI=1S/C20H20ClN5O3/c1-2-17(22-20(28)29-13-14-8-4-3-5-9-14)18(27)12-26-24-19(23-25-26)15-10-6-7-11-16(15)21/h3-11,17H,2,12-13H2,1H3,(H,22,28). The molecule has 1 aromatic heterocycles. The van der Waals surface area contributed by atoms with Crippen LogP contribution in [0.2, 0.25) is 5.02 Å². The molecule has 0 fully saturated rings. The van der Waals surface area contributed by atoms with E-state index in [1.54, 1.807) is 25.1 Å². The van der Waals surface area contributed by atoms with Crippen LogP contribution in [0.15, 0.2) is 54.6 Å². The number of aromatic nitrogens is 4. The minimum absolute atomic E-state index is 0.128. The second-order valence-corrected chi connectivity index (χ2v) is 6.66. The van der Waals surface area contributed by atoms with Gasteiger partial charge in [-0.1, -0.05) is 61.0 Å². The molecule has 0 aliphatic carbocycles. The average molecular weight is 414 g/mol. The number of nitrogens with zero attached hydrogens (tertiary/aromatic N) is 4. The van der Waals surface area contributed by atoms with Gasteiger partial charge in [0, 0.05) is 5.56 Å². The van der Waals surface area contributed by atoms with Crippen LogP contribution in [0.1, 0.15) is 18.9 Å². The number of carbonyl (C=O) groups excluding carboxylic acids is 2. The number of alkyl carbamates (subject to hydrolysis) is 1. The summed E-state index contributed by atoms with van der Waals surface area (Å²) in [7, 11) is 0. The van der Waals surface area contributed by atoms with Crippen molar-refractivity contribution in [1.82, 2.24) is 25.5 Å². The Balaban J connectivity index is 1.56. The second-order valence-electron chi connectivity index (χ2n) is 6.26. The molecule has 29 heavy (non-hydrogen) atoms. The lowest BCUT2D eigenvalue weighted by Gasteiger charge is -2.15. The normalized spacial score (nSPS) is 11.7. The molecule has 3 aromatic rings. The molecule has 2 aromatic carbocycles. The van der Waals surface area contributed by atoms with Crippen LogP contribution in [0.25, 0.3) is 11.4 Å². The molecule has 1 heterocycles. The zero-order valence-electron chi connectivity index (χ0n) is 15.8. The number of carbonyl (C=O) groups is 2. The summed E-state index contributed by atoms with van der Waals surface area (Å²) >= 11 is 6.13. The van der Waals surface area contributed by atoms with E-state index >= 15 is 0 Å². The van der Waals surface area contributed by atoms with E-state index in [0.29, 0.717) is 22.8 Å². The summed E-state index contributed by atoms with van der Waals surface area (Å²) in [5.74, 6) is 0.0685. The van der Waals surface area contributed by atoms with Crippen molar-refractivity contribution >= 4 is 23.5 Å². The van der Waals surface area contributed by atoms with E-state index in [9.17, 15) is 9.59 Å². The minimum atomic E-state index is -0.715. The first-order chi connectivity index (χ1) is 14.1. The van der Waals surface area contributed by atoms with Crippen LogP contribution in [0.4, 0.5) is 4.79 Å². The zero-order valence-corrected chi connectivity index (χ0v) is 16.5. The van der Waals surface area contributed by atoms with Gasteiger partial charge in [0.2, 0.25) is 5.82 Å². The van der Waals surface area contributed by atoms with Crippen LogP contribution in [-0.4, -0.2) is 38.1 Å². The second kappa shape index (κ2) is 9.79. The van der Waals surface area contributed by atoms with E-state index in [1.807, 2.05) is 36.4 Å². The molecule has 0 bridgehead atoms. The van der Waals surface area contributed by atoms with Gasteiger partial charge in [-0.2, -0.15) is 4.80 Å². The molecule has 3 rings (SSSR count). The van der Waals surface area contributed by atoms with Crippen molar-refractivity contribution in [3.05, 3.63) is 65.2 Å². The van der Waals surface area contributed by atoms with Gasteiger partial charge in [0.25, 0.3) is 0 Å². The fourth-order valence-corrected chi connectivity index (χ4v) is 2.85. The highest BCUT2D eigenvalue weighted by molar-refractivity contribution is 6.33. The topological polar surface area (TPSA) is 99.0 Å². The van der Waals surface area contributed by atoms with Crippen LogP contribution >= 0.6 is 11.6 Å². The van der Waals surface area contributed by atoms with E-state index in [4.69, 9.17) is 16.3 Å². The van der Waals surface area contributed by atoms with Gasteiger partial charge in [-0.3, -0.25) is 4.79 Å². The number of ether oxygens (including phenoxy) is 1. The Morgan fingerprint density at radius 2 is 1.86 bits per heavy atom. The third-order valence-electron chi connectivity index (χ3n) is 4.17. The molecule has 150 valence electrons.